The summed E-state index contributed by atoms with van der Waals surface area (Å²) < 4.78 is 16.9. The van der Waals surface area contributed by atoms with Gasteiger partial charge in [0.2, 0.25) is 11.9 Å². The van der Waals surface area contributed by atoms with Crippen LogP contribution in [0.4, 0.5) is 0 Å². The number of rotatable bonds is 4. The van der Waals surface area contributed by atoms with Gasteiger partial charge in [0.1, 0.15) is 13.2 Å². The van der Waals surface area contributed by atoms with E-state index in [2.05, 4.69) is 25.6 Å². The third kappa shape index (κ3) is 3.18. The molecule has 1 aliphatic rings. The zero-order chi connectivity index (χ0) is 18.9. The first-order chi connectivity index (χ1) is 13.7. The maximum Gasteiger partial charge on any atom is 0.271 e. The van der Waals surface area contributed by atoms with Crippen LogP contribution in [0.3, 0.4) is 0 Å². The Hall–Kier alpha value is -3.75. The number of hydrogen-bond donors (Lipinski definition) is 0. The Morgan fingerprint density at radius 1 is 1.07 bits per heavy atom. The lowest BCUT2D eigenvalue weighted by Gasteiger charge is -2.23. The number of hydrogen-bond acceptors (Lipinski definition) is 8. The first kappa shape index (κ1) is 16.4. The van der Waals surface area contributed by atoms with Gasteiger partial charge < -0.3 is 14.0 Å². The van der Waals surface area contributed by atoms with E-state index in [-0.39, 0.29) is 6.54 Å². The summed E-state index contributed by atoms with van der Waals surface area (Å²) in [4.78, 5) is 5.81. The van der Waals surface area contributed by atoms with Gasteiger partial charge in [0, 0.05) is 5.56 Å². The second kappa shape index (κ2) is 6.76. The van der Waals surface area contributed by atoms with E-state index >= 15 is 0 Å². The van der Waals surface area contributed by atoms with Crippen molar-refractivity contribution in [1.29, 1.82) is 0 Å². The molecule has 140 valence electrons. The molecule has 1 aliphatic heterocycles. The molecule has 0 amide bonds. The van der Waals surface area contributed by atoms with Crippen LogP contribution in [0, 0.1) is 6.92 Å². The van der Waals surface area contributed by atoms with Gasteiger partial charge in [-0.15, -0.1) is 10.2 Å². The Kier molecular flexibility index (Phi) is 3.97. The molecule has 1 atom stereocenters. The molecule has 0 aliphatic carbocycles. The number of aromatic nitrogens is 6. The third-order valence-electron chi connectivity index (χ3n) is 4.31. The fourth-order valence-electron chi connectivity index (χ4n) is 2.86. The van der Waals surface area contributed by atoms with Crippen molar-refractivity contribution in [1.82, 2.24) is 30.3 Å². The summed E-state index contributed by atoms with van der Waals surface area (Å²) in [6, 6.07) is 15.4. The predicted molar refractivity (Wildman–Crippen MR) is 96.7 cm³/mol. The van der Waals surface area contributed by atoms with Gasteiger partial charge >= 0.3 is 0 Å². The molecule has 3 heterocycles. The number of para-hydroxylation sites is 2. The van der Waals surface area contributed by atoms with Crippen molar-refractivity contribution in [3.8, 4) is 22.9 Å². The molecule has 5 rings (SSSR count). The van der Waals surface area contributed by atoms with E-state index in [1.165, 1.54) is 10.4 Å². The maximum atomic E-state index is 5.88. The molecular weight excluding hydrogens is 360 g/mol. The van der Waals surface area contributed by atoms with E-state index in [1.54, 1.807) is 0 Å². The fourth-order valence-corrected chi connectivity index (χ4v) is 2.86. The molecule has 0 saturated carbocycles. The third-order valence-corrected chi connectivity index (χ3v) is 4.31. The summed E-state index contributed by atoms with van der Waals surface area (Å²) in [5, 5.41) is 16.5. The zero-order valence-corrected chi connectivity index (χ0v) is 15.0. The average molecular weight is 376 g/mol. The molecule has 4 aromatic rings. The van der Waals surface area contributed by atoms with Crippen LogP contribution in [0.2, 0.25) is 0 Å². The minimum Gasteiger partial charge on any atom is -0.485 e. The van der Waals surface area contributed by atoms with Crippen molar-refractivity contribution in [3.63, 3.8) is 0 Å². The Balaban J connectivity index is 1.29. The molecule has 0 spiro atoms. The van der Waals surface area contributed by atoms with Crippen LogP contribution in [0.15, 0.2) is 53.1 Å². The quantitative estimate of drug-likeness (QED) is 0.536. The number of tetrazole rings is 1. The van der Waals surface area contributed by atoms with Crippen molar-refractivity contribution in [2.45, 2.75) is 19.6 Å². The van der Waals surface area contributed by atoms with Crippen LogP contribution in [-0.2, 0) is 6.54 Å². The first-order valence-electron chi connectivity index (χ1n) is 8.80. The summed E-state index contributed by atoms with van der Waals surface area (Å²) in [5.74, 6) is 2.69. The number of nitrogens with zero attached hydrogens (tertiary/aromatic N) is 6. The molecular formula is C19H16N6O3. The van der Waals surface area contributed by atoms with Crippen molar-refractivity contribution in [3.05, 3.63) is 65.8 Å². The summed E-state index contributed by atoms with van der Waals surface area (Å²) in [5.41, 5.74) is 2.07. The number of fused-ring (bicyclic) bond motifs is 1. The summed E-state index contributed by atoms with van der Waals surface area (Å²) >= 11 is 0. The highest BCUT2D eigenvalue weighted by Gasteiger charge is 2.27. The van der Waals surface area contributed by atoms with E-state index in [1.807, 2.05) is 55.5 Å². The highest BCUT2D eigenvalue weighted by Crippen LogP contribution is 2.35. The molecule has 0 saturated heterocycles. The number of benzene rings is 2. The Bertz CT molecular complexity index is 1100. The van der Waals surface area contributed by atoms with Gasteiger partial charge in [-0.25, -0.2) is 0 Å². The lowest BCUT2D eigenvalue weighted by atomic mass is 10.1. The molecule has 0 bridgehead atoms. The maximum absolute atomic E-state index is 5.88. The van der Waals surface area contributed by atoms with Crippen molar-refractivity contribution in [2.24, 2.45) is 0 Å². The summed E-state index contributed by atoms with van der Waals surface area (Å²) in [6.07, 6.45) is -0.456. The van der Waals surface area contributed by atoms with Gasteiger partial charge in [0.05, 0.1) is 0 Å². The van der Waals surface area contributed by atoms with E-state index in [0.717, 1.165) is 5.56 Å². The van der Waals surface area contributed by atoms with Crippen LogP contribution in [0.25, 0.3) is 11.4 Å². The van der Waals surface area contributed by atoms with Crippen molar-refractivity contribution >= 4 is 0 Å². The molecule has 9 heteroatoms. The minimum atomic E-state index is -0.456. The van der Waals surface area contributed by atoms with Gasteiger partial charge in [-0.1, -0.05) is 47.1 Å². The normalized spacial score (nSPS) is 15.5. The highest BCUT2D eigenvalue weighted by atomic mass is 16.6. The van der Waals surface area contributed by atoms with Gasteiger partial charge in [0.25, 0.3) is 5.89 Å². The molecule has 2 aromatic heterocycles. The fraction of sp³-hybridized carbons (Fsp3) is 0.211. The minimum absolute atomic E-state index is 0.243. The lowest BCUT2D eigenvalue weighted by Crippen LogP contribution is -2.21. The number of ether oxygens (including phenoxy) is 2. The van der Waals surface area contributed by atoms with Crippen LogP contribution in [-0.4, -0.2) is 37.0 Å². The van der Waals surface area contributed by atoms with E-state index in [9.17, 15) is 0 Å². The SMILES string of the molecule is Cc1ccc(-c2nnn(Cc3noc(C4COc5ccccc5O4)n3)n2)cc1. The second-order valence-electron chi connectivity index (χ2n) is 6.42. The zero-order valence-electron chi connectivity index (χ0n) is 15.0. The number of aryl methyl sites for hydroxylation is 1. The van der Waals surface area contributed by atoms with E-state index in [4.69, 9.17) is 14.0 Å². The Morgan fingerprint density at radius 2 is 1.89 bits per heavy atom. The Morgan fingerprint density at radius 3 is 2.75 bits per heavy atom. The largest absolute Gasteiger partial charge is 0.485 e. The van der Waals surface area contributed by atoms with Crippen LogP contribution in [0.1, 0.15) is 23.4 Å². The molecule has 0 N–H and O–H groups in total. The lowest BCUT2D eigenvalue weighted by molar-refractivity contribution is 0.0665. The van der Waals surface area contributed by atoms with Crippen LogP contribution < -0.4 is 9.47 Å². The first-order valence-corrected chi connectivity index (χ1v) is 8.80. The van der Waals surface area contributed by atoms with Crippen molar-refractivity contribution in [2.75, 3.05) is 6.61 Å². The predicted octanol–water partition coefficient (Wildman–Crippen LogP) is 2.59. The molecule has 9 nitrogen and oxygen atoms in total. The molecule has 2 aromatic carbocycles. The smallest absolute Gasteiger partial charge is 0.271 e. The van der Waals surface area contributed by atoms with Crippen LogP contribution >= 0.6 is 0 Å². The van der Waals surface area contributed by atoms with Gasteiger partial charge in [-0.2, -0.15) is 9.78 Å². The standard InChI is InChI=1S/C19H16N6O3/c1-12-6-8-13(9-7-12)18-21-24-25(22-18)10-17-20-19(28-23-17)16-11-26-14-4-2-3-5-15(14)27-16/h2-9,16H,10-11H2,1H3. The molecule has 0 fully saturated rings. The van der Waals surface area contributed by atoms with Gasteiger partial charge in [-0.05, 0) is 24.3 Å². The van der Waals surface area contributed by atoms with E-state index < -0.39 is 6.10 Å². The van der Waals surface area contributed by atoms with Gasteiger partial charge in [0.15, 0.2) is 17.3 Å². The molecule has 0 radical (unpaired) electrons. The van der Waals surface area contributed by atoms with Crippen molar-refractivity contribution < 1.29 is 14.0 Å². The van der Waals surface area contributed by atoms with Crippen LogP contribution in [0.5, 0.6) is 11.5 Å². The average Bonchev–Trinajstić information content (AvgIpc) is 3.38. The monoisotopic (exact) mass is 376 g/mol. The molecule has 28 heavy (non-hydrogen) atoms. The highest BCUT2D eigenvalue weighted by molar-refractivity contribution is 5.54. The summed E-state index contributed by atoms with van der Waals surface area (Å²) in [7, 11) is 0. The Labute approximate surface area is 159 Å². The van der Waals surface area contributed by atoms with E-state index in [0.29, 0.717) is 35.6 Å². The summed E-state index contributed by atoms with van der Waals surface area (Å²) in [6.45, 7) is 2.58. The van der Waals surface area contributed by atoms with Gasteiger partial charge in [-0.3, -0.25) is 0 Å². The second-order valence-corrected chi connectivity index (χ2v) is 6.42. The molecule has 1 unspecified atom stereocenters. The topological polar surface area (TPSA) is 101 Å².